The van der Waals surface area contributed by atoms with Crippen molar-refractivity contribution in [3.05, 3.63) is 83.9 Å². The first-order valence-electron chi connectivity index (χ1n) is 10.5. The van der Waals surface area contributed by atoms with Gasteiger partial charge in [-0.1, -0.05) is 48.0 Å². The zero-order valence-corrected chi connectivity index (χ0v) is 18.7. The number of aryl methyl sites for hydroxylation is 1. The Kier molecular flexibility index (Phi) is 6.43. The molecule has 1 aliphatic heterocycles. The summed E-state index contributed by atoms with van der Waals surface area (Å²) in [6.45, 7) is 2.99. The number of carbonyl (C=O) groups excluding carboxylic acids is 1. The quantitative estimate of drug-likeness (QED) is 0.478. The van der Waals surface area contributed by atoms with Crippen molar-refractivity contribution in [2.45, 2.75) is 18.2 Å². The number of benzene rings is 3. The van der Waals surface area contributed by atoms with Crippen LogP contribution in [-0.4, -0.2) is 34.1 Å². The van der Waals surface area contributed by atoms with E-state index in [0.717, 1.165) is 29.9 Å². The van der Waals surface area contributed by atoms with E-state index in [9.17, 15) is 13.2 Å². The molecule has 1 aliphatic rings. The zero-order valence-electron chi connectivity index (χ0n) is 17.8. The molecule has 3 aromatic carbocycles. The van der Waals surface area contributed by atoms with E-state index in [4.69, 9.17) is 0 Å². The van der Waals surface area contributed by atoms with Crippen LogP contribution in [0.1, 0.15) is 11.1 Å². The molecular weight excluding hydrogens is 424 g/mol. The topological polar surface area (TPSA) is 90.5 Å². The molecule has 0 atom stereocenters. The second kappa shape index (κ2) is 9.42. The lowest BCUT2D eigenvalue weighted by Gasteiger charge is -2.23. The number of para-hydroxylation sites is 3. The normalized spacial score (nSPS) is 13.0. The molecule has 0 unspecified atom stereocenters. The molecule has 0 aliphatic carbocycles. The lowest BCUT2D eigenvalue weighted by Crippen LogP contribution is -2.37. The molecule has 0 spiro atoms. The van der Waals surface area contributed by atoms with E-state index < -0.39 is 10.0 Å². The van der Waals surface area contributed by atoms with Crippen LogP contribution in [0.3, 0.4) is 0 Å². The predicted molar refractivity (Wildman–Crippen MR) is 127 cm³/mol. The fourth-order valence-electron chi connectivity index (χ4n) is 3.73. The summed E-state index contributed by atoms with van der Waals surface area (Å²) in [4.78, 5) is 14.8. The number of nitrogens with one attached hydrogen (secondary N) is 3. The SMILES string of the molecule is Cc1ccc(S(=O)(=O)NCCNC(=O)Nc2ccccc2N2CCc3ccccc32)cc1. The molecule has 8 heteroatoms. The molecule has 1 heterocycles. The first-order valence-corrected chi connectivity index (χ1v) is 12.0. The van der Waals surface area contributed by atoms with Gasteiger partial charge in [-0.2, -0.15) is 0 Å². The number of carbonyl (C=O) groups is 1. The van der Waals surface area contributed by atoms with E-state index in [1.165, 1.54) is 5.56 Å². The number of anilines is 3. The van der Waals surface area contributed by atoms with Crippen molar-refractivity contribution in [3.8, 4) is 0 Å². The van der Waals surface area contributed by atoms with Crippen molar-refractivity contribution in [1.29, 1.82) is 0 Å². The van der Waals surface area contributed by atoms with Gasteiger partial charge in [0.05, 0.1) is 16.3 Å². The van der Waals surface area contributed by atoms with Crippen molar-refractivity contribution < 1.29 is 13.2 Å². The molecule has 166 valence electrons. The third kappa shape index (κ3) is 4.92. The van der Waals surface area contributed by atoms with Gasteiger partial charge in [-0.3, -0.25) is 0 Å². The number of urea groups is 1. The summed E-state index contributed by atoms with van der Waals surface area (Å²) in [7, 11) is -3.61. The van der Waals surface area contributed by atoms with Crippen molar-refractivity contribution in [3.63, 3.8) is 0 Å². The lowest BCUT2D eigenvalue weighted by atomic mass is 10.2. The molecule has 7 nitrogen and oxygen atoms in total. The summed E-state index contributed by atoms with van der Waals surface area (Å²) in [5.74, 6) is 0. The van der Waals surface area contributed by atoms with E-state index in [1.54, 1.807) is 24.3 Å². The Balaban J connectivity index is 1.33. The Morgan fingerprint density at radius 2 is 1.59 bits per heavy atom. The van der Waals surface area contributed by atoms with Gasteiger partial charge in [-0.15, -0.1) is 0 Å². The van der Waals surface area contributed by atoms with E-state index >= 15 is 0 Å². The zero-order chi connectivity index (χ0) is 22.6. The first kappa shape index (κ1) is 21.9. The van der Waals surface area contributed by atoms with Gasteiger partial charge in [-0.05, 0) is 49.2 Å². The van der Waals surface area contributed by atoms with Gasteiger partial charge in [-0.25, -0.2) is 17.9 Å². The number of amides is 2. The Morgan fingerprint density at radius 1 is 0.906 bits per heavy atom. The highest BCUT2D eigenvalue weighted by molar-refractivity contribution is 7.89. The molecule has 3 aromatic rings. The van der Waals surface area contributed by atoms with Gasteiger partial charge in [0, 0.05) is 25.3 Å². The highest BCUT2D eigenvalue weighted by Crippen LogP contribution is 2.37. The van der Waals surface area contributed by atoms with Crippen molar-refractivity contribution in [2.24, 2.45) is 0 Å². The van der Waals surface area contributed by atoms with Crippen LogP contribution in [0.4, 0.5) is 21.9 Å². The van der Waals surface area contributed by atoms with Gasteiger partial charge in [0.1, 0.15) is 0 Å². The van der Waals surface area contributed by atoms with Gasteiger partial charge in [0.2, 0.25) is 10.0 Å². The minimum absolute atomic E-state index is 0.0881. The van der Waals surface area contributed by atoms with Crippen LogP contribution >= 0.6 is 0 Å². The molecule has 4 rings (SSSR count). The third-order valence-corrected chi connectivity index (χ3v) is 6.84. The fraction of sp³-hybridized carbons (Fsp3) is 0.208. The average Bonchev–Trinajstić information content (AvgIpc) is 3.21. The maximum absolute atomic E-state index is 12.4. The largest absolute Gasteiger partial charge is 0.339 e. The maximum Gasteiger partial charge on any atom is 0.319 e. The Morgan fingerprint density at radius 3 is 2.38 bits per heavy atom. The number of nitrogens with zero attached hydrogens (tertiary/aromatic N) is 1. The maximum atomic E-state index is 12.4. The van der Waals surface area contributed by atoms with Crippen LogP contribution in [-0.2, 0) is 16.4 Å². The molecule has 3 N–H and O–H groups in total. The monoisotopic (exact) mass is 450 g/mol. The second-order valence-corrected chi connectivity index (χ2v) is 9.41. The molecular formula is C24H26N4O3S. The number of rotatable bonds is 7. The van der Waals surface area contributed by atoms with Crippen molar-refractivity contribution in [1.82, 2.24) is 10.0 Å². The Labute approximate surface area is 188 Å². The van der Waals surface area contributed by atoms with Crippen LogP contribution in [0.2, 0.25) is 0 Å². The summed E-state index contributed by atoms with van der Waals surface area (Å²) in [6, 6.07) is 22.1. The van der Waals surface area contributed by atoms with Crippen molar-refractivity contribution >= 4 is 33.1 Å². The van der Waals surface area contributed by atoms with Crippen molar-refractivity contribution in [2.75, 3.05) is 29.9 Å². The van der Waals surface area contributed by atoms with Crippen LogP contribution < -0.4 is 20.3 Å². The van der Waals surface area contributed by atoms with E-state index in [1.807, 2.05) is 43.3 Å². The number of hydrogen-bond acceptors (Lipinski definition) is 4. The molecule has 0 radical (unpaired) electrons. The molecule has 32 heavy (non-hydrogen) atoms. The van der Waals surface area contributed by atoms with Gasteiger partial charge < -0.3 is 15.5 Å². The minimum atomic E-state index is -3.61. The molecule has 0 saturated carbocycles. The summed E-state index contributed by atoms with van der Waals surface area (Å²) in [5.41, 5.74) is 5.04. The van der Waals surface area contributed by atoms with E-state index in [2.05, 4.69) is 32.4 Å². The molecule has 0 bridgehead atoms. The summed E-state index contributed by atoms with van der Waals surface area (Å²) < 4.78 is 27.2. The average molecular weight is 451 g/mol. The summed E-state index contributed by atoms with van der Waals surface area (Å²) >= 11 is 0. The number of fused-ring (bicyclic) bond motifs is 1. The predicted octanol–water partition coefficient (Wildman–Crippen LogP) is 3.79. The minimum Gasteiger partial charge on any atom is -0.339 e. The standard InChI is InChI=1S/C24H26N4O3S/c1-18-10-12-20(13-11-18)32(30,31)26-16-15-25-24(29)27-21-7-3-5-9-23(21)28-17-14-19-6-2-4-8-22(19)28/h2-13,26H,14-17H2,1H3,(H2,25,27,29). The second-order valence-electron chi connectivity index (χ2n) is 7.64. The lowest BCUT2D eigenvalue weighted by molar-refractivity contribution is 0.252. The molecule has 0 saturated heterocycles. The molecule has 0 aromatic heterocycles. The van der Waals surface area contributed by atoms with Gasteiger partial charge in [0.25, 0.3) is 0 Å². The number of hydrogen-bond donors (Lipinski definition) is 3. The van der Waals surface area contributed by atoms with Crippen LogP contribution in [0.5, 0.6) is 0 Å². The third-order valence-electron chi connectivity index (χ3n) is 5.36. The van der Waals surface area contributed by atoms with Crippen LogP contribution in [0.15, 0.2) is 77.7 Å². The van der Waals surface area contributed by atoms with E-state index in [-0.39, 0.29) is 24.0 Å². The van der Waals surface area contributed by atoms with E-state index in [0.29, 0.717) is 5.69 Å². The molecule has 2 amide bonds. The van der Waals surface area contributed by atoms with Crippen LogP contribution in [0, 0.1) is 6.92 Å². The molecule has 0 fully saturated rings. The van der Waals surface area contributed by atoms with Crippen LogP contribution in [0.25, 0.3) is 0 Å². The Hall–Kier alpha value is -3.36. The van der Waals surface area contributed by atoms with Gasteiger partial charge in [0.15, 0.2) is 0 Å². The fourth-order valence-corrected chi connectivity index (χ4v) is 4.76. The highest BCUT2D eigenvalue weighted by atomic mass is 32.2. The summed E-state index contributed by atoms with van der Waals surface area (Å²) in [6.07, 6.45) is 0.956. The smallest absolute Gasteiger partial charge is 0.319 e. The highest BCUT2D eigenvalue weighted by Gasteiger charge is 2.22. The first-order chi connectivity index (χ1) is 15.4. The van der Waals surface area contributed by atoms with Gasteiger partial charge >= 0.3 is 6.03 Å². The summed E-state index contributed by atoms with van der Waals surface area (Å²) in [5, 5.41) is 5.59. The number of sulfonamides is 1. The Bertz CT molecular complexity index is 1210.